The Balaban J connectivity index is 1.69. The van der Waals surface area contributed by atoms with Gasteiger partial charge in [-0.25, -0.2) is 9.37 Å². The minimum Gasteiger partial charge on any atom is -0.399 e. The van der Waals surface area contributed by atoms with E-state index in [1.807, 2.05) is 30.3 Å². The van der Waals surface area contributed by atoms with Crippen molar-refractivity contribution in [3.8, 4) is 22.5 Å². The highest BCUT2D eigenvalue weighted by Gasteiger charge is 2.21. The third-order valence-electron chi connectivity index (χ3n) is 5.08. The van der Waals surface area contributed by atoms with E-state index in [1.54, 1.807) is 18.2 Å². The molecule has 2 aromatic heterocycles. The van der Waals surface area contributed by atoms with Gasteiger partial charge in [-0.15, -0.1) is 0 Å². The molecule has 2 aromatic carbocycles. The molecule has 5 rings (SSSR count). The molecule has 0 aliphatic carbocycles. The number of nitrogens with zero attached hydrogens (tertiary/aromatic N) is 1. The second kappa shape index (κ2) is 6.20. The van der Waals surface area contributed by atoms with Crippen molar-refractivity contribution in [2.45, 2.75) is 6.42 Å². The Hall–Kier alpha value is -3.67. The van der Waals surface area contributed by atoms with Crippen LogP contribution in [-0.4, -0.2) is 22.4 Å². The second-order valence-corrected chi connectivity index (χ2v) is 6.89. The lowest BCUT2D eigenvalue weighted by atomic mass is 10.0. The topological polar surface area (TPSA) is 83.8 Å². The summed E-state index contributed by atoms with van der Waals surface area (Å²) < 4.78 is 14.4. The van der Waals surface area contributed by atoms with Crippen molar-refractivity contribution in [2.24, 2.45) is 0 Å². The molecular formula is C22H17FN4O. The van der Waals surface area contributed by atoms with Gasteiger partial charge in [0.05, 0.1) is 16.8 Å². The lowest BCUT2D eigenvalue weighted by molar-refractivity contribution is 0.0946. The average Bonchev–Trinajstić information content (AvgIpc) is 3.13. The molecule has 0 unspecified atom stereocenters. The number of pyridine rings is 1. The zero-order valence-corrected chi connectivity index (χ0v) is 14.9. The van der Waals surface area contributed by atoms with E-state index >= 15 is 0 Å². The van der Waals surface area contributed by atoms with Crippen LogP contribution in [0.4, 0.5) is 10.1 Å². The van der Waals surface area contributed by atoms with Crippen LogP contribution in [0.15, 0.2) is 54.6 Å². The molecule has 28 heavy (non-hydrogen) atoms. The Labute approximate surface area is 160 Å². The maximum atomic E-state index is 14.4. The number of hydrogen-bond donors (Lipinski definition) is 3. The van der Waals surface area contributed by atoms with Gasteiger partial charge in [-0.1, -0.05) is 24.3 Å². The number of halogens is 1. The van der Waals surface area contributed by atoms with Crippen LogP contribution in [0.5, 0.6) is 0 Å². The average molecular weight is 372 g/mol. The first-order valence-electron chi connectivity index (χ1n) is 9.06. The fourth-order valence-electron chi connectivity index (χ4n) is 3.69. The molecule has 0 radical (unpaired) electrons. The van der Waals surface area contributed by atoms with Crippen molar-refractivity contribution in [1.29, 1.82) is 0 Å². The van der Waals surface area contributed by atoms with E-state index in [9.17, 15) is 9.18 Å². The second-order valence-electron chi connectivity index (χ2n) is 6.89. The molecule has 0 bridgehead atoms. The number of rotatable bonds is 2. The van der Waals surface area contributed by atoms with Crippen LogP contribution >= 0.6 is 0 Å². The summed E-state index contributed by atoms with van der Waals surface area (Å²) in [6, 6.07) is 16.0. The zero-order chi connectivity index (χ0) is 19.3. The number of para-hydroxylation sites is 1. The van der Waals surface area contributed by atoms with Gasteiger partial charge in [0.25, 0.3) is 5.91 Å². The summed E-state index contributed by atoms with van der Waals surface area (Å²) in [5, 5.41) is 3.79. The summed E-state index contributed by atoms with van der Waals surface area (Å²) in [5.74, 6) is -0.474. The molecule has 1 aliphatic rings. The monoisotopic (exact) mass is 372 g/mol. The van der Waals surface area contributed by atoms with E-state index in [1.165, 1.54) is 6.07 Å². The lowest BCUT2D eigenvalue weighted by Gasteiger charge is -2.11. The number of nitrogen functional groups attached to an aromatic ring is 1. The van der Waals surface area contributed by atoms with Crippen LogP contribution < -0.4 is 11.1 Å². The van der Waals surface area contributed by atoms with E-state index in [2.05, 4.69) is 10.3 Å². The van der Waals surface area contributed by atoms with Gasteiger partial charge in [-0.2, -0.15) is 0 Å². The number of aromatic nitrogens is 2. The molecule has 5 nitrogen and oxygen atoms in total. The Bertz CT molecular complexity index is 1240. The third-order valence-corrected chi connectivity index (χ3v) is 5.08. The van der Waals surface area contributed by atoms with Crippen LogP contribution in [0.2, 0.25) is 0 Å². The first kappa shape index (κ1) is 16.5. The van der Waals surface area contributed by atoms with Crippen LogP contribution in [0.3, 0.4) is 0 Å². The summed E-state index contributed by atoms with van der Waals surface area (Å²) in [6.07, 6.45) is 0.765. The zero-order valence-electron chi connectivity index (χ0n) is 14.9. The Morgan fingerprint density at radius 3 is 2.71 bits per heavy atom. The van der Waals surface area contributed by atoms with Crippen molar-refractivity contribution < 1.29 is 9.18 Å². The summed E-state index contributed by atoms with van der Waals surface area (Å²) in [6.45, 7) is 0.625. The third kappa shape index (κ3) is 2.62. The number of hydrogen-bond acceptors (Lipinski definition) is 3. The number of fused-ring (bicyclic) bond motifs is 2. The minimum atomic E-state index is -0.406. The minimum absolute atomic E-state index is 0.0680. The quantitative estimate of drug-likeness (QED) is 0.467. The molecule has 138 valence electrons. The number of nitrogens with two attached hydrogens (primary N) is 1. The van der Waals surface area contributed by atoms with Gasteiger partial charge in [0.2, 0.25) is 0 Å². The number of aromatic amines is 1. The van der Waals surface area contributed by atoms with Crippen molar-refractivity contribution in [3.63, 3.8) is 0 Å². The first-order valence-corrected chi connectivity index (χ1v) is 9.06. The molecule has 3 heterocycles. The van der Waals surface area contributed by atoms with E-state index in [0.29, 0.717) is 29.1 Å². The van der Waals surface area contributed by atoms with Crippen LogP contribution in [0.25, 0.3) is 33.4 Å². The molecule has 0 fully saturated rings. The standard InChI is InChI=1S/C22H17FN4O/c23-17-10-13(24)5-6-14(17)18-7-4-12-2-1-3-15(21(12)27-18)20-11-16-19(26-20)8-9-25-22(16)28/h1-7,10-11,26H,8-9,24H2,(H,25,28). The van der Waals surface area contributed by atoms with Gasteiger partial charge in [-0.3, -0.25) is 4.79 Å². The lowest BCUT2D eigenvalue weighted by Crippen LogP contribution is -2.31. The predicted octanol–water partition coefficient (Wildman–Crippen LogP) is 3.90. The van der Waals surface area contributed by atoms with Crippen LogP contribution in [0.1, 0.15) is 16.1 Å². The molecule has 0 spiro atoms. The SMILES string of the molecule is Nc1ccc(-c2ccc3cccc(-c4cc5c([nH]4)CCNC5=O)c3n2)c(F)c1. The molecule has 0 atom stereocenters. The molecule has 0 saturated carbocycles. The Morgan fingerprint density at radius 2 is 1.89 bits per heavy atom. The van der Waals surface area contributed by atoms with Gasteiger partial charge in [0.15, 0.2) is 0 Å². The molecule has 4 aromatic rings. The fourth-order valence-corrected chi connectivity index (χ4v) is 3.69. The van der Waals surface area contributed by atoms with Crippen LogP contribution in [-0.2, 0) is 6.42 Å². The smallest absolute Gasteiger partial charge is 0.253 e. The van der Waals surface area contributed by atoms with Crippen LogP contribution in [0, 0.1) is 5.82 Å². The number of H-pyrrole nitrogens is 1. The number of amides is 1. The fraction of sp³-hybridized carbons (Fsp3) is 0.0909. The van der Waals surface area contributed by atoms with Gasteiger partial charge in [-0.05, 0) is 30.3 Å². The van der Waals surface area contributed by atoms with Crippen molar-refractivity contribution in [3.05, 3.63) is 71.7 Å². The van der Waals surface area contributed by atoms with E-state index in [-0.39, 0.29) is 5.91 Å². The highest BCUT2D eigenvalue weighted by atomic mass is 19.1. The summed E-state index contributed by atoms with van der Waals surface area (Å²) in [5.41, 5.74) is 11.0. The summed E-state index contributed by atoms with van der Waals surface area (Å²) >= 11 is 0. The van der Waals surface area contributed by atoms with Crippen molar-refractivity contribution in [2.75, 3.05) is 12.3 Å². The molecule has 4 N–H and O–H groups in total. The number of carbonyl (C=O) groups is 1. The number of nitrogens with one attached hydrogen (secondary N) is 2. The first-order chi connectivity index (χ1) is 13.6. The van der Waals surface area contributed by atoms with Gasteiger partial charge < -0.3 is 16.0 Å². The van der Waals surface area contributed by atoms with Crippen molar-refractivity contribution in [1.82, 2.24) is 15.3 Å². The highest BCUT2D eigenvalue weighted by molar-refractivity contribution is 6.00. The van der Waals surface area contributed by atoms with E-state index < -0.39 is 5.82 Å². The largest absolute Gasteiger partial charge is 0.399 e. The number of benzene rings is 2. The van der Waals surface area contributed by atoms with Gasteiger partial charge in [0, 0.05) is 46.6 Å². The summed E-state index contributed by atoms with van der Waals surface area (Å²) in [7, 11) is 0. The molecule has 1 amide bonds. The molecule has 0 saturated heterocycles. The summed E-state index contributed by atoms with van der Waals surface area (Å²) in [4.78, 5) is 20.2. The number of anilines is 1. The molecular weight excluding hydrogens is 355 g/mol. The highest BCUT2D eigenvalue weighted by Crippen LogP contribution is 2.32. The van der Waals surface area contributed by atoms with Crippen molar-refractivity contribution >= 4 is 22.5 Å². The molecule has 6 heteroatoms. The predicted molar refractivity (Wildman–Crippen MR) is 107 cm³/mol. The maximum absolute atomic E-state index is 14.4. The maximum Gasteiger partial charge on any atom is 0.253 e. The Kier molecular flexibility index (Phi) is 3.65. The number of carbonyl (C=O) groups excluding carboxylic acids is 1. The Morgan fingerprint density at radius 1 is 1.00 bits per heavy atom. The van der Waals surface area contributed by atoms with Gasteiger partial charge >= 0.3 is 0 Å². The van der Waals surface area contributed by atoms with Gasteiger partial charge in [0.1, 0.15) is 5.82 Å². The van der Waals surface area contributed by atoms with E-state index in [4.69, 9.17) is 10.7 Å². The van der Waals surface area contributed by atoms with E-state index in [0.717, 1.165) is 34.3 Å². The molecule has 1 aliphatic heterocycles. The normalized spacial score (nSPS) is 13.4.